The molecule has 3 rings (SSSR count). The fraction of sp³-hybridized carbons (Fsp3) is 0.200. The SMILES string of the molecule is O=[N+]([O-])c1ccc(C2CC(c3c(Cl)cccc3Cl)N=N2)cc1. The van der Waals surface area contributed by atoms with Gasteiger partial charge >= 0.3 is 0 Å². The van der Waals surface area contributed by atoms with Crippen molar-refractivity contribution in [3.8, 4) is 0 Å². The van der Waals surface area contributed by atoms with Crippen LogP contribution in [0, 0.1) is 10.1 Å². The lowest BCUT2D eigenvalue weighted by Gasteiger charge is -2.12. The highest BCUT2D eigenvalue weighted by Gasteiger charge is 2.28. The number of nitrogens with zero attached hydrogens (tertiary/aromatic N) is 3. The van der Waals surface area contributed by atoms with Gasteiger partial charge in [-0.3, -0.25) is 10.1 Å². The average molecular weight is 336 g/mol. The summed E-state index contributed by atoms with van der Waals surface area (Å²) in [4.78, 5) is 10.3. The molecule has 0 amide bonds. The normalized spacial score (nSPS) is 20.3. The van der Waals surface area contributed by atoms with Gasteiger partial charge in [-0.25, -0.2) is 0 Å². The van der Waals surface area contributed by atoms with Crippen molar-refractivity contribution in [2.45, 2.75) is 18.5 Å². The Labute approximate surface area is 136 Å². The van der Waals surface area contributed by atoms with Crippen molar-refractivity contribution in [2.24, 2.45) is 10.2 Å². The van der Waals surface area contributed by atoms with Gasteiger partial charge < -0.3 is 0 Å². The summed E-state index contributed by atoms with van der Waals surface area (Å²) in [5.41, 5.74) is 1.73. The van der Waals surface area contributed by atoms with E-state index in [1.807, 2.05) is 0 Å². The standard InChI is InChI=1S/C15H11Cl2N3O2/c16-11-2-1-3-12(17)15(11)14-8-13(18-19-14)9-4-6-10(7-5-9)20(21)22/h1-7,13-14H,8H2. The Morgan fingerprint density at radius 2 is 1.59 bits per heavy atom. The third-order valence-corrected chi connectivity index (χ3v) is 4.27. The number of non-ortho nitro benzene ring substituents is 1. The summed E-state index contributed by atoms with van der Waals surface area (Å²) in [6, 6.07) is 11.4. The quantitative estimate of drug-likeness (QED) is 0.545. The third kappa shape index (κ3) is 2.82. The Kier molecular flexibility index (Phi) is 4.09. The van der Waals surface area contributed by atoms with E-state index in [0.717, 1.165) is 11.1 Å². The molecule has 2 atom stereocenters. The second-order valence-corrected chi connectivity index (χ2v) is 5.80. The minimum atomic E-state index is -0.424. The molecule has 5 nitrogen and oxygen atoms in total. The first kappa shape index (κ1) is 14.9. The van der Waals surface area contributed by atoms with Crippen LogP contribution in [0.1, 0.15) is 29.6 Å². The Bertz CT molecular complexity index is 727. The zero-order valence-corrected chi connectivity index (χ0v) is 12.8. The number of azo groups is 1. The van der Waals surface area contributed by atoms with Crippen molar-refractivity contribution in [2.75, 3.05) is 0 Å². The van der Waals surface area contributed by atoms with Gasteiger partial charge in [-0.15, -0.1) is 0 Å². The molecular formula is C15H11Cl2N3O2. The number of nitro benzene ring substituents is 1. The van der Waals surface area contributed by atoms with E-state index in [9.17, 15) is 10.1 Å². The van der Waals surface area contributed by atoms with E-state index >= 15 is 0 Å². The fourth-order valence-electron chi connectivity index (χ4n) is 2.49. The molecule has 1 heterocycles. The summed E-state index contributed by atoms with van der Waals surface area (Å²) < 4.78 is 0. The first-order chi connectivity index (χ1) is 10.6. The van der Waals surface area contributed by atoms with E-state index in [1.54, 1.807) is 30.3 Å². The summed E-state index contributed by atoms with van der Waals surface area (Å²) in [5.74, 6) is 0. The summed E-state index contributed by atoms with van der Waals surface area (Å²) in [7, 11) is 0. The van der Waals surface area contributed by atoms with Crippen molar-refractivity contribution < 1.29 is 4.92 Å². The summed E-state index contributed by atoms with van der Waals surface area (Å²) in [6.45, 7) is 0. The van der Waals surface area contributed by atoms with Gasteiger partial charge in [0.05, 0.1) is 11.0 Å². The fourth-order valence-corrected chi connectivity index (χ4v) is 3.14. The van der Waals surface area contributed by atoms with Crippen LogP contribution in [-0.2, 0) is 0 Å². The van der Waals surface area contributed by atoms with Crippen LogP contribution >= 0.6 is 23.2 Å². The largest absolute Gasteiger partial charge is 0.269 e. The molecule has 2 aromatic rings. The number of rotatable bonds is 3. The molecule has 0 fully saturated rings. The van der Waals surface area contributed by atoms with Crippen LogP contribution in [0.25, 0.3) is 0 Å². The zero-order valence-electron chi connectivity index (χ0n) is 11.3. The Balaban J connectivity index is 1.81. The summed E-state index contributed by atoms with van der Waals surface area (Å²) in [6.07, 6.45) is 0.640. The molecule has 2 unspecified atom stereocenters. The number of hydrogen-bond donors (Lipinski definition) is 0. The van der Waals surface area contributed by atoms with Gasteiger partial charge in [-0.2, -0.15) is 10.2 Å². The molecule has 112 valence electrons. The van der Waals surface area contributed by atoms with Crippen molar-refractivity contribution in [3.63, 3.8) is 0 Å². The maximum Gasteiger partial charge on any atom is 0.269 e. The number of halogens is 2. The van der Waals surface area contributed by atoms with Crippen LogP contribution < -0.4 is 0 Å². The van der Waals surface area contributed by atoms with Crippen LogP contribution in [0.3, 0.4) is 0 Å². The molecule has 2 aromatic carbocycles. The monoisotopic (exact) mass is 335 g/mol. The van der Waals surface area contributed by atoms with Gasteiger partial charge in [0.2, 0.25) is 0 Å². The van der Waals surface area contributed by atoms with Crippen LogP contribution in [0.5, 0.6) is 0 Å². The summed E-state index contributed by atoms with van der Waals surface area (Å²) in [5, 5.41) is 20.3. The second-order valence-electron chi connectivity index (χ2n) is 4.98. The van der Waals surface area contributed by atoms with Crippen molar-refractivity contribution in [3.05, 3.63) is 73.8 Å². The molecule has 0 aromatic heterocycles. The lowest BCUT2D eigenvalue weighted by Crippen LogP contribution is -1.98. The molecule has 0 saturated heterocycles. The Morgan fingerprint density at radius 1 is 1.00 bits per heavy atom. The lowest BCUT2D eigenvalue weighted by molar-refractivity contribution is -0.384. The van der Waals surface area contributed by atoms with Gasteiger partial charge in [0.1, 0.15) is 6.04 Å². The zero-order chi connectivity index (χ0) is 15.7. The molecular weight excluding hydrogens is 325 g/mol. The van der Waals surface area contributed by atoms with Crippen molar-refractivity contribution in [1.29, 1.82) is 0 Å². The summed E-state index contributed by atoms with van der Waals surface area (Å²) >= 11 is 12.4. The van der Waals surface area contributed by atoms with Crippen LogP contribution in [0.2, 0.25) is 10.0 Å². The third-order valence-electron chi connectivity index (χ3n) is 3.61. The highest BCUT2D eigenvalue weighted by atomic mass is 35.5. The molecule has 1 aliphatic rings. The van der Waals surface area contributed by atoms with Crippen LogP contribution in [0.4, 0.5) is 5.69 Å². The van der Waals surface area contributed by atoms with E-state index in [-0.39, 0.29) is 17.8 Å². The highest BCUT2D eigenvalue weighted by molar-refractivity contribution is 6.36. The van der Waals surface area contributed by atoms with Crippen LogP contribution in [-0.4, -0.2) is 4.92 Å². The Morgan fingerprint density at radius 3 is 2.18 bits per heavy atom. The van der Waals surface area contributed by atoms with Gasteiger partial charge in [0, 0.05) is 34.2 Å². The molecule has 22 heavy (non-hydrogen) atoms. The van der Waals surface area contributed by atoms with E-state index in [1.165, 1.54) is 12.1 Å². The highest BCUT2D eigenvalue weighted by Crippen LogP contribution is 2.43. The van der Waals surface area contributed by atoms with Crippen molar-refractivity contribution in [1.82, 2.24) is 0 Å². The molecule has 0 N–H and O–H groups in total. The molecule has 0 aliphatic carbocycles. The maximum atomic E-state index is 10.7. The molecule has 0 spiro atoms. The lowest BCUT2D eigenvalue weighted by atomic mass is 9.97. The molecule has 1 aliphatic heterocycles. The number of benzene rings is 2. The van der Waals surface area contributed by atoms with Gasteiger partial charge in [-0.1, -0.05) is 29.3 Å². The molecule has 0 bridgehead atoms. The predicted molar refractivity (Wildman–Crippen MR) is 84.5 cm³/mol. The second kappa shape index (κ2) is 6.02. The van der Waals surface area contributed by atoms with Crippen LogP contribution in [0.15, 0.2) is 52.7 Å². The first-order valence-corrected chi connectivity index (χ1v) is 7.40. The molecule has 0 saturated carbocycles. The smallest absolute Gasteiger partial charge is 0.258 e. The maximum absolute atomic E-state index is 10.7. The average Bonchev–Trinajstić information content (AvgIpc) is 2.97. The Hall–Kier alpha value is -1.98. The van der Waals surface area contributed by atoms with Gasteiger partial charge in [0.15, 0.2) is 0 Å². The van der Waals surface area contributed by atoms with E-state index in [0.29, 0.717) is 16.5 Å². The minimum Gasteiger partial charge on any atom is -0.258 e. The number of hydrogen-bond acceptors (Lipinski definition) is 4. The molecule has 7 heteroatoms. The molecule has 0 radical (unpaired) electrons. The van der Waals surface area contributed by atoms with Crippen molar-refractivity contribution >= 4 is 28.9 Å². The van der Waals surface area contributed by atoms with E-state index in [4.69, 9.17) is 23.2 Å². The predicted octanol–water partition coefficient (Wildman–Crippen LogP) is 5.54. The number of nitro groups is 1. The van der Waals surface area contributed by atoms with Gasteiger partial charge in [0.25, 0.3) is 5.69 Å². The van der Waals surface area contributed by atoms with E-state index < -0.39 is 4.92 Å². The first-order valence-electron chi connectivity index (χ1n) is 6.64. The van der Waals surface area contributed by atoms with E-state index in [2.05, 4.69) is 10.2 Å². The minimum absolute atomic E-state index is 0.0596. The topological polar surface area (TPSA) is 67.9 Å². The van der Waals surface area contributed by atoms with Gasteiger partial charge in [-0.05, 0) is 29.8 Å².